The van der Waals surface area contributed by atoms with Crippen molar-refractivity contribution in [1.82, 2.24) is 15.1 Å². The molecule has 1 unspecified atom stereocenters. The van der Waals surface area contributed by atoms with Gasteiger partial charge in [-0.1, -0.05) is 69.2 Å². The molecule has 28 heavy (non-hydrogen) atoms. The van der Waals surface area contributed by atoms with Crippen LogP contribution in [-0.4, -0.2) is 62.0 Å². The Hall–Kier alpha value is -0.610. The summed E-state index contributed by atoms with van der Waals surface area (Å²) in [7, 11) is 1.92. The van der Waals surface area contributed by atoms with Gasteiger partial charge in [0, 0.05) is 39.8 Å². The van der Waals surface area contributed by atoms with E-state index in [4.69, 9.17) is 0 Å². The molecule has 2 saturated heterocycles. The van der Waals surface area contributed by atoms with E-state index in [-0.39, 0.29) is 11.3 Å². The number of nitrogens with one attached hydrogen (secondary N) is 1. The van der Waals surface area contributed by atoms with Crippen molar-refractivity contribution in [2.45, 2.75) is 82.1 Å². The van der Waals surface area contributed by atoms with Crippen molar-refractivity contribution >= 4 is 5.91 Å². The van der Waals surface area contributed by atoms with Crippen molar-refractivity contribution in [1.29, 1.82) is 0 Å². The van der Waals surface area contributed by atoms with Crippen LogP contribution in [0.5, 0.6) is 0 Å². The highest BCUT2D eigenvalue weighted by atomic mass is 16.2. The molecule has 4 nitrogen and oxygen atoms in total. The number of nitrogens with zero attached hydrogens (tertiary/aromatic N) is 2. The van der Waals surface area contributed by atoms with Gasteiger partial charge in [0.1, 0.15) is 0 Å². The fourth-order valence-corrected chi connectivity index (χ4v) is 4.78. The van der Waals surface area contributed by atoms with Gasteiger partial charge in [0.15, 0.2) is 0 Å². The second-order valence-electron chi connectivity index (χ2n) is 10.5. The molecule has 0 spiro atoms. The molecule has 0 bridgehead atoms. The topological polar surface area (TPSA) is 35.6 Å². The highest BCUT2D eigenvalue weighted by Gasteiger charge is 2.40. The van der Waals surface area contributed by atoms with E-state index in [0.717, 1.165) is 32.7 Å². The summed E-state index contributed by atoms with van der Waals surface area (Å²) >= 11 is 0. The normalized spacial score (nSPS) is 27.2. The zero-order chi connectivity index (χ0) is 22.2. The lowest BCUT2D eigenvalue weighted by Gasteiger charge is -2.44. The number of rotatable bonds is 2. The highest BCUT2D eigenvalue weighted by Crippen LogP contribution is 2.45. The minimum Gasteiger partial charge on any atom is -0.343 e. The summed E-state index contributed by atoms with van der Waals surface area (Å²) < 4.78 is 0. The number of carbonyl (C=O) groups excluding carboxylic acids is 1. The lowest BCUT2D eigenvalue weighted by atomic mass is 9.65. The molecule has 2 aliphatic rings. The Morgan fingerprint density at radius 2 is 1.46 bits per heavy atom. The van der Waals surface area contributed by atoms with E-state index in [1.165, 1.54) is 12.8 Å². The van der Waals surface area contributed by atoms with E-state index in [9.17, 15) is 4.79 Å². The van der Waals surface area contributed by atoms with Gasteiger partial charge in [0.25, 0.3) is 0 Å². The van der Waals surface area contributed by atoms with E-state index < -0.39 is 0 Å². The van der Waals surface area contributed by atoms with Crippen molar-refractivity contribution in [2.75, 3.05) is 46.3 Å². The van der Waals surface area contributed by atoms with Gasteiger partial charge < -0.3 is 10.2 Å². The fourth-order valence-electron chi connectivity index (χ4n) is 4.78. The third-order valence-corrected chi connectivity index (χ3v) is 6.06. The monoisotopic (exact) mass is 397 g/mol. The summed E-state index contributed by atoms with van der Waals surface area (Å²) in [6.45, 7) is 28.1. The molecule has 0 aromatic heterocycles. The number of amides is 1. The summed E-state index contributed by atoms with van der Waals surface area (Å²) in [5.74, 6) is 0.881. The first-order valence-corrected chi connectivity index (χ1v) is 11.6. The molecule has 2 rings (SSSR count). The van der Waals surface area contributed by atoms with Crippen molar-refractivity contribution in [3.8, 4) is 0 Å². The fraction of sp³-hybridized carbons (Fsp3) is 0.958. The molecule has 1 N–H and O–H groups in total. The zero-order valence-corrected chi connectivity index (χ0v) is 21.0. The Balaban J connectivity index is 0.00000171. The molecule has 2 heterocycles. The average molecular weight is 398 g/mol. The van der Waals surface area contributed by atoms with Crippen LogP contribution in [0.3, 0.4) is 0 Å². The first-order chi connectivity index (χ1) is 12.9. The number of hydrogen-bond donors (Lipinski definition) is 1. The van der Waals surface area contributed by atoms with Crippen LogP contribution >= 0.6 is 0 Å². The minimum atomic E-state index is 0.267. The molecule has 0 saturated carbocycles. The Morgan fingerprint density at radius 3 is 2.00 bits per heavy atom. The van der Waals surface area contributed by atoms with E-state index >= 15 is 0 Å². The molecule has 0 aromatic carbocycles. The minimum absolute atomic E-state index is 0.267. The molecule has 168 valence electrons. The van der Waals surface area contributed by atoms with Crippen molar-refractivity contribution in [2.24, 2.45) is 22.2 Å². The molecule has 0 aromatic rings. The van der Waals surface area contributed by atoms with E-state index in [2.05, 4.69) is 51.8 Å². The van der Waals surface area contributed by atoms with Crippen molar-refractivity contribution < 1.29 is 4.79 Å². The van der Waals surface area contributed by atoms with Crippen LogP contribution in [0.1, 0.15) is 82.1 Å². The summed E-state index contributed by atoms with van der Waals surface area (Å²) in [5.41, 5.74) is 0.873. The Morgan fingerprint density at radius 1 is 0.929 bits per heavy atom. The standard InChI is InChI=1S/C20H39N3O.2C2H6/c1-18(2)10-16(11-23-9-8-22(7)17(24)12-23)20(5,6)13-19(3,4)15-21-14-18;2*1-2/h16,21H,8-15H2,1-7H3;2*1-2H3. The van der Waals surface area contributed by atoms with Crippen LogP contribution in [0.25, 0.3) is 0 Å². The predicted octanol–water partition coefficient (Wildman–Crippen LogP) is 4.89. The molecule has 2 fully saturated rings. The maximum atomic E-state index is 12.1. The second-order valence-corrected chi connectivity index (χ2v) is 10.5. The molecule has 2 aliphatic heterocycles. The number of piperazine rings is 1. The molecule has 0 aliphatic carbocycles. The Kier molecular flexibility index (Phi) is 11.3. The van der Waals surface area contributed by atoms with Crippen LogP contribution in [0.4, 0.5) is 0 Å². The van der Waals surface area contributed by atoms with Gasteiger partial charge in [-0.3, -0.25) is 9.69 Å². The number of likely N-dealkylation sites (N-methyl/N-ethyl adjacent to an activating group) is 1. The van der Waals surface area contributed by atoms with Gasteiger partial charge in [-0.05, 0) is 35.0 Å². The summed E-state index contributed by atoms with van der Waals surface area (Å²) in [4.78, 5) is 16.3. The smallest absolute Gasteiger partial charge is 0.236 e. The molecular formula is C24H51N3O. The predicted molar refractivity (Wildman–Crippen MR) is 124 cm³/mol. The van der Waals surface area contributed by atoms with Gasteiger partial charge in [-0.2, -0.15) is 0 Å². The van der Waals surface area contributed by atoms with Gasteiger partial charge in [0.2, 0.25) is 5.91 Å². The summed E-state index contributed by atoms with van der Waals surface area (Å²) in [6, 6.07) is 0. The molecule has 1 amide bonds. The Bertz CT molecular complexity index is 457. The maximum Gasteiger partial charge on any atom is 0.236 e. The third kappa shape index (κ3) is 8.82. The number of carbonyl (C=O) groups is 1. The highest BCUT2D eigenvalue weighted by molar-refractivity contribution is 5.78. The van der Waals surface area contributed by atoms with Crippen LogP contribution in [0.15, 0.2) is 0 Å². The van der Waals surface area contributed by atoms with Crippen LogP contribution < -0.4 is 5.32 Å². The van der Waals surface area contributed by atoms with Gasteiger partial charge >= 0.3 is 0 Å². The summed E-state index contributed by atoms with van der Waals surface area (Å²) in [5, 5.41) is 3.71. The van der Waals surface area contributed by atoms with Crippen LogP contribution in [0, 0.1) is 22.2 Å². The zero-order valence-electron chi connectivity index (χ0n) is 21.0. The van der Waals surface area contributed by atoms with Gasteiger partial charge in [-0.25, -0.2) is 0 Å². The lowest BCUT2D eigenvalue weighted by Crippen LogP contribution is -2.51. The van der Waals surface area contributed by atoms with Crippen LogP contribution in [-0.2, 0) is 4.79 Å². The molecule has 0 radical (unpaired) electrons. The van der Waals surface area contributed by atoms with E-state index in [0.29, 0.717) is 23.3 Å². The Labute approximate surface area is 176 Å². The summed E-state index contributed by atoms with van der Waals surface area (Å²) in [6.07, 6.45) is 2.43. The quantitative estimate of drug-likeness (QED) is 0.720. The first-order valence-electron chi connectivity index (χ1n) is 11.6. The largest absolute Gasteiger partial charge is 0.343 e. The van der Waals surface area contributed by atoms with E-state index in [1.54, 1.807) is 0 Å². The third-order valence-electron chi connectivity index (χ3n) is 6.06. The van der Waals surface area contributed by atoms with Gasteiger partial charge in [0.05, 0.1) is 6.54 Å². The van der Waals surface area contributed by atoms with E-state index in [1.807, 2.05) is 39.6 Å². The van der Waals surface area contributed by atoms with Gasteiger partial charge in [-0.15, -0.1) is 0 Å². The lowest BCUT2D eigenvalue weighted by molar-refractivity contribution is -0.135. The number of hydrogen-bond acceptors (Lipinski definition) is 3. The van der Waals surface area contributed by atoms with Crippen molar-refractivity contribution in [3.05, 3.63) is 0 Å². The molecule has 1 atom stereocenters. The SMILES string of the molecule is CC.CC.CN1CCN(CC2CC(C)(C)CNCC(C)(C)CC2(C)C)CC1=O. The average Bonchev–Trinajstić information content (AvgIpc) is 2.61. The first kappa shape index (κ1) is 27.4. The maximum absolute atomic E-state index is 12.1. The van der Waals surface area contributed by atoms with Crippen LogP contribution in [0.2, 0.25) is 0 Å². The molecule has 4 heteroatoms. The van der Waals surface area contributed by atoms with Crippen molar-refractivity contribution in [3.63, 3.8) is 0 Å². The second kappa shape index (κ2) is 11.5. The molecular weight excluding hydrogens is 346 g/mol.